The lowest BCUT2D eigenvalue weighted by Crippen LogP contribution is -2.25. The normalized spacial score (nSPS) is 14.2. The summed E-state index contributed by atoms with van der Waals surface area (Å²) in [4.78, 5) is 2.36. The maximum Gasteiger partial charge on any atom is 0.0116 e. The maximum atomic E-state index is 4.36. The van der Waals surface area contributed by atoms with Crippen molar-refractivity contribution >= 4 is 12.6 Å². The molecule has 0 aliphatic heterocycles. The van der Waals surface area contributed by atoms with Crippen molar-refractivity contribution in [2.45, 2.75) is 38.9 Å². The van der Waals surface area contributed by atoms with E-state index in [9.17, 15) is 0 Å². The van der Waals surface area contributed by atoms with Crippen LogP contribution in [0.25, 0.3) is 0 Å². The number of nitrogens with zero attached hydrogens (tertiary/aromatic N) is 1. The summed E-state index contributed by atoms with van der Waals surface area (Å²) >= 11 is 4.36. The van der Waals surface area contributed by atoms with E-state index in [0.29, 0.717) is 5.25 Å². The fourth-order valence-electron chi connectivity index (χ4n) is 1.31. The Morgan fingerprint density at radius 2 is 1.83 bits per heavy atom. The highest BCUT2D eigenvalue weighted by atomic mass is 32.1. The van der Waals surface area contributed by atoms with Gasteiger partial charge >= 0.3 is 0 Å². The van der Waals surface area contributed by atoms with Crippen LogP contribution in [0.1, 0.15) is 33.6 Å². The first-order valence-corrected chi connectivity index (χ1v) is 5.40. The van der Waals surface area contributed by atoms with Crippen LogP contribution in [0, 0.1) is 5.92 Å². The van der Waals surface area contributed by atoms with Gasteiger partial charge in [-0.3, -0.25) is 0 Å². The van der Waals surface area contributed by atoms with E-state index in [1.807, 2.05) is 0 Å². The van der Waals surface area contributed by atoms with E-state index in [1.165, 1.54) is 19.4 Å². The van der Waals surface area contributed by atoms with Crippen LogP contribution in [0.5, 0.6) is 0 Å². The molecule has 0 N–H and O–H groups in total. The second-order valence-corrected chi connectivity index (χ2v) is 5.03. The van der Waals surface area contributed by atoms with E-state index in [-0.39, 0.29) is 0 Å². The van der Waals surface area contributed by atoms with Gasteiger partial charge in [-0.25, -0.2) is 0 Å². The number of thiol groups is 1. The monoisotopic (exact) mass is 189 g/mol. The van der Waals surface area contributed by atoms with Crippen LogP contribution in [-0.2, 0) is 0 Å². The second kappa shape index (κ2) is 6.79. The third kappa shape index (κ3) is 8.41. The second-order valence-electron chi connectivity index (χ2n) is 4.15. The van der Waals surface area contributed by atoms with Gasteiger partial charge in [-0.2, -0.15) is 12.6 Å². The van der Waals surface area contributed by atoms with Gasteiger partial charge in [0.05, 0.1) is 0 Å². The molecule has 1 atom stereocenters. The van der Waals surface area contributed by atoms with Crippen molar-refractivity contribution in [1.29, 1.82) is 0 Å². The zero-order valence-electron chi connectivity index (χ0n) is 8.88. The first-order chi connectivity index (χ1) is 5.52. The number of rotatable bonds is 6. The quantitative estimate of drug-likeness (QED) is 0.629. The van der Waals surface area contributed by atoms with Crippen molar-refractivity contribution in [2.75, 3.05) is 20.1 Å². The van der Waals surface area contributed by atoms with Crippen LogP contribution in [0.15, 0.2) is 0 Å². The van der Waals surface area contributed by atoms with E-state index in [0.717, 1.165) is 12.5 Å². The summed E-state index contributed by atoms with van der Waals surface area (Å²) in [5, 5.41) is 0.494. The minimum absolute atomic E-state index is 0.494. The van der Waals surface area contributed by atoms with Gasteiger partial charge in [-0.15, -0.1) is 0 Å². The lowest BCUT2D eigenvalue weighted by atomic mass is 10.1. The summed E-state index contributed by atoms with van der Waals surface area (Å²) in [6.07, 6.45) is 2.65. The first-order valence-electron chi connectivity index (χ1n) is 4.89. The van der Waals surface area contributed by atoms with Gasteiger partial charge in [0.15, 0.2) is 0 Å². The molecule has 2 heteroatoms. The Hall–Kier alpha value is 0.310. The van der Waals surface area contributed by atoms with Gasteiger partial charge in [-0.05, 0) is 32.4 Å². The summed E-state index contributed by atoms with van der Waals surface area (Å²) in [5.74, 6) is 0.840. The Bertz CT molecular complexity index is 102. The minimum atomic E-state index is 0.494. The Balaban J connectivity index is 3.25. The standard InChI is InChI=1S/C10H23NS/c1-9(2)6-5-7-11(4)8-10(3)12/h9-10,12H,5-8H2,1-4H3. The Kier molecular flexibility index (Phi) is 6.96. The molecule has 1 unspecified atom stereocenters. The molecule has 0 fully saturated rings. The molecule has 0 radical (unpaired) electrons. The molecule has 1 nitrogen and oxygen atoms in total. The third-order valence-corrected chi connectivity index (χ3v) is 2.06. The first kappa shape index (κ1) is 12.3. The summed E-state index contributed by atoms with van der Waals surface area (Å²) in [5.41, 5.74) is 0. The summed E-state index contributed by atoms with van der Waals surface area (Å²) in [6, 6.07) is 0. The fraction of sp³-hybridized carbons (Fsp3) is 1.00. The van der Waals surface area contributed by atoms with Crippen molar-refractivity contribution in [3.05, 3.63) is 0 Å². The average Bonchev–Trinajstić information content (AvgIpc) is 1.84. The maximum absolute atomic E-state index is 4.36. The molecule has 0 saturated heterocycles. The topological polar surface area (TPSA) is 3.24 Å². The molecule has 0 aromatic carbocycles. The van der Waals surface area contributed by atoms with Gasteiger partial charge in [0.1, 0.15) is 0 Å². The predicted octanol–water partition coefficient (Wildman–Crippen LogP) is 2.67. The van der Waals surface area contributed by atoms with E-state index in [2.05, 4.69) is 45.3 Å². The minimum Gasteiger partial charge on any atom is -0.305 e. The molecule has 0 aliphatic carbocycles. The molecule has 0 heterocycles. The van der Waals surface area contributed by atoms with Crippen molar-refractivity contribution in [3.8, 4) is 0 Å². The smallest absolute Gasteiger partial charge is 0.0116 e. The summed E-state index contributed by atoms with van der Waals surface area (Å²) in [7, 11) is 2.17. The van der Waals surface area contributed by atoms with Gasteiger partial charge in [0.25, 0.3) is 0 Å². The molecule has 0 rings (SSSR count). The lowest BCUT2D eigenvalue weighted by Gasteiger charge is -2.18. The van der Waals surface area contributed by atoms with Crippen LogP contribution in [0.4, 0.5) is 0 Å². The van der Waals surface area contributed by atoms with Gasteiger partial charge in [0.2, 0.25) is 0 Å². The molecule has 0 aromatic rings. The molecular formula is C10H23NS. The van der Waals surface area contributed by atoms with Gasteiger partial charge < -0.3 is 4.90 Å². The van der Waals surface area contributed by atoms with Crippen molar-refractivity contribution < 1.29 is 0 Å². The molecule has 0 bridgehead atoms. The Morgan fingerprint density at radius 1 is 1.25 bits per heavy atom. The molecule has 0 aromatic heterocycles. The predicted molar refractivity (Wildman–Crippen MR) is 60.0 cm³/mol. The molecule has 74 valence electrons. The molecule has 0 spiro atoms. The third-order valence-electron chi connectivity index (χ3n) is 1.90. The summed E-state index contributed by atoms with van der Waals surface area (Å²) in [6.45, 7) is 9.01. The van der Waals surface area contributed by atoms with Crippen LogP contribution in [0.2, 0.25) is 0 Å². The lowest BCUT2D eigenvalue weighted by molar-refractivity contribution is 0.322. The number of hydrogen-bond donors (Lipinski definition) is 1. The van der Waals surface area contributed by atoms with Gasteiger partial charge in [-0.1, -0.05) is 20.8 Å². The average molecular weight is 189 g/mol. The fourth-order valence-corrected chi connectivity index (χ4v) is 1.59. The number of hydrogen-bond acceptors (Lipinski definition) is 2. The van der Waals surface area contributed by atoms with Crippen LogP contribution < -0.4 is 0 Å². The highest BCUT2D eigenvalue weighted by Gasteiger charge is 2.02. The molecule has 0 saturated carbocycles. The Labute approximate surface area is 82.9 Å². The van der Waals surface area contributed by atoms with Crippen LogP contribution in [0.3, 0.4) is 0 Å². The van der Waals surface area contributed by atoms with Crippen molar-refractivity contribution in [1.82, 2.24) is 4.90 Å². The molecular weight excluding hydrogens is 166 g/mol. The molecule has 0 aliphatic rings. The molecule has 12 heavy (non-hydrogen) atoms. The zero-order chi connectivity index (χ0) is 9.56. The van der Waals surface area contributed by atoms with Crippen LogP contribution in [-0.4, -0.2) is 30.3 Å². The zero-order valence-corrected chi connectivity index (χ0v) is 9.77. The highest BCUT2D eigenvalue weighted by molar-refractivity contribution is 7.80. The van der Waals surface area contributed by atoms with Crippen LogP contribution >= 0.6 is 12.6 Å². The van der Waals surface area contributed by atoms with E-state index < -0.39 is 0 Å². The largest absolute Gasteiger partial charge is 0.305 e. The van der Waals surface area contributed by atoms with Crippen molar-refractivity contribution in [2.24, 2.45) is 5.92 Å². The van der Waals surface area contributed by atoms with Crippen molar-refractivity contribution in [3.63, 3.8) is 0 Å². The van der Waals surface area contributed by atoms with E-state index >= 15 is 0 Å². The van der Waals surface area contributed by atoms with E-state index in [4.69, 9.17) is 0 Å². The summed E-state index contributed by atoms with van der Waals surface area (Å²) < 4.78 is 0. The highest BCUT2D eigenvalue weighted by Crippen LogP contribution is 2.04. The van der Waals surface area contributed by atoms with E-state index in [1.54, 1.807) is 0 Å². The Morgan fingerprint density at radius 3 is 2.25 bits per heavy atom. The SMILES string of the molecule is CC(C)CCCN(C)CC(C)S. The van der Waals surface area contributed by atoms with Gasteiger partial charge in [0, 0.05) is 11.8 Å². The molecule has 0 amide bonds.